The summed E-state index contributed by atoms with van der Waals surface area (Å²) in [6.07, 6.45) is 3.47. The lowest BCUT2D eigenvalue weighted by Gasteiger charge is -2.33. The van der Waals surface area contributed by atoms with Gasteiger partial charge in [0.15, 0.2) is 0 Å². The number of pyridine rings is 1. The number of hydrogen-bond acceptors (Lipinski definition) is 4. The van der Waals surface area contributed by atoms with Crippen LogP contribution in [-0.2, 0) is 4.79 Å². The van der Waals surface area contributed by atoms with Crippen LogP contribution < -0.4 is 15.5 Å². The van der Waals surface area contributed by atoms with E-state index >= 15 is 0 Å². The number of piperidine rings is 1. The average Bonchev–Trinajstić information content (AvgIpc) is 2.57. The zero-order valence-corrected chi connectivity index (χ0v) is 14.7. The van der Waals surface area contributed by atoms with Crippen molar-refractivity contribution in [2.75, 3.05) is 36.4 Å². The summed E-state index contributed by atoms with van der Waals surface area (Å²) < 4.78 is 0. The summed E-state index contributed by atoms with van der Waals surface area (Å²) in [5, 5.41) is 5.77. The summed E-state index contributed by atoms with van der Waals surface area (Å²) >= 11 is 0. The van der Waals surface area contributed by atoms with Crippen molar-refractivity contribution in [2.24, 2.45) is 0 Å². The molecule has 0 radical (unpaired) electrons. The molecule has 132 valence electrons. The van der Waals surface area contributed by atoms with E-state index < -0.39 is 0 Å². The Bertz CT molecular complexity index is 557. The smallest absolute Gasteiger partial charge is 0.321 e. The third kappa shape index (κ3) is 4.84. The summed E-state index contributed by atoms with van der Waals surface area (Å²) in [5.74, 6) is 0.847. The van der Waals surface area contributed by atoms with E-state index in [9.17, 15) is 9.59 Å². The highest BCUT2D eigenvalue weighted by Gasteiger charge is 2.24. The van der Waals surface area contributed by atoms with Gasteiger partial charge in [-0.15, -0.1) is 0 Å². The molecule has 1 aromatic heterocycles. The normalized spacial score (nSPS) is 17.3. The number of aromatic nitrogens is 1. The lowest BCUT2D eigenvalue weighted by Crippen LogP contribution is -2.50. The minimum atomic E-state index is -0.151. The molecule has 1 fully saturated rings. The van der Waals surface area contributed by atoms with E-state index in [-0.39, 0.29) is 18.0 Å². The summed E-state index contributed by atoms with van der Waals surface area (Å²) in [6.45, 7) is 8.71. The van der Waals surface area contributed by atoms with Crippen LogP contribution in [0.5, 0.6) is 0 Å². The Morgan fingerprint density at radius 2 is 2.08 bits per heavy atom. The van der Waals surface area contributed by atoms with Gasteiger partial charge in [-0.05, 0) is 38.8 Å². The Hall–Kier alpha value is -2.31. The highest BCUT2D eigenvalue weighted by Crippen LogP contribution is 2.16. The second-order valence-corrected chi connectivity index (χ2v) is 5.99. The lowest BCUT2D eigenvalue weighted by molar-refractivity contribution is -0.119. The van der Waals surface area contributed by atoms with E-state index in [1.54, 1.807) is 11.1 Å². The second-order valence-electron chi connectivity index (χ2n) is 5.99. The number of nitrogens with zero attached hydrogens (tertiary/aromatic N) is 3. The van der Waals surface area contributed by atoms with Crippen molar-refractivity contribution in [3.05, 3.63) is 18.3 Å². The fourth-order valence-corrected chi connectivity index (χ4v) is 2.96. The van der Waals surface area contributed by atoms with Gasteiger partial charge in [-0.1, -0.05) is 0 Å². The van der Waals surface area contributed by atoms with Gasteiger partial charge in [0, 0.05) is 39.1 Å². The van der Waals surface area contributed by atoms with Gasteiger partial charge >= 0.3 is 6.03 Å². The molecule has 1 aromatic rings. The Morgan fingerprint density at radius 1 is 1.33 bits per heavy atom. The number of likely N-dealkylation sites (tertiary alicyclic amines) is 1. The molecule has 1 unspecified atom stereocenters. The molecule has 0 aromatic carbocycles. The number of hydrogen-bond donors (Lipinski definition) is 2. The number of carbonyl (C=O) groups is 2. The Kier molecular flexibility index (Phi) is 6.40. The molecular weight excluding hydrogens is 306 g/mol. The van der Waals surface area contributed by atoms with Gasteiger partial charge in [-0.3, -0.25) is 4.79 Å². The van der Waals surface area contributed by atoms with E-state index in [4.69, 9.17) is 0 Å². The van der Waals surface area contributed by atoms with E-state index in [0.29, 0.717) is 18.8 Å². The van der Waals surface area contributed by atoms with E-state index in [1.165, 1.54) is 6.92 Å². The predicted molar refractivity (Wildman–Crippen MR) is 95.2 cm³/mol. The summed E-state index contributed by atoms with van der Waals surface area (Å²) in [5.41, 5.74) is 0.678. The maximum absolute atomic E-state index is 12.4. The molecule has 1 saturated heterocycles. The van der Waals surface area contributed by atoms with Crippen molar-refractivity contribution < 1.29 is 9.59 Å². The number of amides is 3. The minimum Gasteiger partial charge on any atom is -0.357 e. The van der Waals surface area contributed by atoms with Gasteiger partial charge in [0.25, 0.3) is 0 Å². The van der Waals surface area contributed by atoms with Crippen molar-refractivity contribution in [3.63, 3.8) is 0 Å². The molecule has 2 N–H and O–H groups in total. The summed E-state index contributed by atoms with van der Waals surface area (Å²) in [4.78, 5) is 31.9. The molecule has 7 heteroatoms. The van der Waals surface area contributed by atoms with Crippen molar-refractivity contribution in [1.29, 1.82) is 0 Å². The molecule has 0 saturated carbocycles. The van der Waals surface area contributed by atoms with Crippen molar-refractivity contribution in [1.82, 2.24) is 15.2 Å². The van der Waals surface area contributed by atoms with Crippen LogP contribution in [0.1, 0.15) is 33.6 Å². The van der Waals surface area contributed by atoms with Crippen LogP contribution in [0.25, 0.3) is 0 Å². The van der Waals surface area contributed by atoms with Crippen LogP contribution in [0.2, 0.25) is 0 Å². The van der Waals surface area contributed by atoms with Gasteiger partial charge in [0.1, 0.15) is 5.82 Å². The Labute approximate surface area is 143 Å². The number of carbonyl (C=O) groups excluding carboxylic acids is 2. The first kappa shape index (κ1) is 18.0. The van der Waals surface area contributed by atoms with Crippen LogP contribution in [0.4, 0.5) is 16.3 Å². The fraction of sp³-hybridized carbons (Fsp3) is 0.588. The summed E-state index contributed by atoms with van der Waals surface area (Å²) in [6, 6.07) is 3.67. The van der Waals surface area contributed by atoms with Gasteiger partial charge in [-0.2, -0.15) is 0 Å². The molecule has 0 aliphatic carbocycles. The van der Waals surface area contributed by atoms with Gasteiger partial charge in [0.2, 0.25) is 5.91 Å². The van der Waals surface area contributed by atoms with E-state index in [0.717, 1.165) is 31.7 Å². The molecule has 2 rings (SSSR count). The second kappa shape index (κ2) is 8.52. The van der Waals surface area contributed by atoms with E-state index in [1.807, 2.05) is 12.1 Å². The molecule has 3 amide bonds. The molecule has 1 aliphatic rings. The van der Waals surface area contributed by atoms with Gasteiger partial charge < -0.3 is 20.4 Å². The molecule has 1 atom stereocenters. The highest BCUT2D eigenvalue weighted by molar-refractivity contribution is 5.89. The lowest BCUT2D eigenvalue weighted by atomic mass is 10.1. The number of nitrogens with one attached hydrogen (secondary N) is 2. The van der Waals surface area contributed by atoms with E-state index in [2.05, 4.69) is 34.4 Å². The number of rotatable bonds is 5. The first-order valence-corrected chi connectivity index (χ1v) is 8.57. The molecule has 1 aliphatic heterocycles. The third-order valence-electron chi connectivity index (χ3n) is 4.20. The van der Waals surface area contributed by atoms with Crippen LogP contribution in [0.15, 0.2) is 18.3 Å². The maximum Gasteiger partial charge on any atom is 0.321 e. The quantitative estimate of drug-likeness (QED) is 0.865. The molecular formula is C17H27N5O2. The zero-order valence-electron chi connectivity index (χ0n) is 14.7. The molecule has 0 bridgehead atoms. The first-order chi connectivity index (χ1) is 11.5. The van der Waals surface area contributed by atoms with Crippen molar-refractivity contribution in [2.45, 2.75) is 39.7 Å². The molecule has 2 heterocycles. The Balaban J connectivity index is 1.92. The monoisotopic (exact) mass is 333 g/mol. The number of anilines is 2. The molecule has 7 nitrogen and oxygen atoms in total. The predicted octanol–water partition coefficient (Wildman–Crippen LogP) is 2.06. The van der Waals surface area contributed by atoms with Gasteiger partial charge in [0.05, 0.1) is 11.9 Å². The van der Waals surface area contributed by atoms with Crippen LogP contribution in [-0.4, -0.2) is 54.0 Å². The SMILES string of the molecule is CCN(CC)c1ccc(NC(=O)N2CCCC(NC(C)=O)C2)cn1. The van der Waals surface area contributed by atoms with Crippen LogP contribution in [0, 0.1) is 0 Å². The number of urea groups is 1. The summed E-state index contributed by atoms with van der Waals surface area (Å²) in [7, 11) is 0. The maximum atomic E-state index is 12.4. The third-order valence-corrected chi connectivity index (χ3v) is 4.20. The Morgan fingerprint density at radius 3 is 2.67 bits per heavy atom. The first-order valence-electron chi connectivity index (χ1n) is 8.57. The largest absolute Gasteiger partial charge is 0.357 e. The van der Waals surface area contributed by atoms with Crippen LogP contribution in [0.3, 0.4) is 0 Å². The standard InChI is InChI=1S/C17H27N5O2/c1-4-21(5-2)16-9-8-14(11-18-16)20-17(24)22-10-6-7-15(12-22)19-13(3)23/h8-9,11,15H,4-7,10,12H2,1-3H3,(H,19,23)(H,20,24). The van der Waals surface area contributed by atoms with Crippen LogP contribution >= 0.6 is 0 Å². The molecule has 0 spiro atoms. The van der Waals surface area contributed by atoms with Gasteiger partial charge in [-0.25, -0.2) is 9.78 Å². The fourth-order valence-electron chi connectivity index (χ4n) is 2.96. The van der Waals surface area contributed by atoms with Crippen molar-refractivity contribution >= 4 is 23.4 Å². The minimum absolute atomic E-state index is 0.0326. The molecule has 24 heavy (non-hydrogen) atoms. The topological polar surface area (TPSA) is 77.6 Å². The zero-order chi connectivity index (χ0) is 17.5. The average molecular weight is 333 g/mol. The highest BCUT2D eigenvalue weighted by atomic mass is 16.2. The van der Waals surface area contributed by atoms with Crippen molar-refractivity contribution in [3.8, 4) is 0 Å².